The van der Waals surface area contributed by atoms with E-state index in [4.69, 9.17) is 15.9 Å². The van der Waals surface area contributed by atoms with E-state index in [1.54, 1.807) is 18.2 Å². The molecule has 1 aromatic rings. The largest absolute Gasteiger partial charge is 0.493 e. The molecule has 1 aliphatic heterocycles. The number of rotatable bonds is 5. The molecule has 132 valence electrons. The molecule has 1 saturated heterocycles. The summed E-state index contributed by atoms with van der Waals surface area (Å²) in [4.78, 5) is 25.2. The molecule has 2 bridgehead atoms. The van der Waals surface area contributed by atoms with Crippen molar-refractivity contribution < 1.29 is 19.1 Å². The van der Waals surface area contributed by atoms with Gasteiger partial charge in [-0.3, -0.25) is 9.59 Å². The topological polar surface area (TPSA) is 68.2 Å². The third kappa shape index (κ3) is 2.48. The molecule has 1 aromatic carbocycles. The Morgan fingerprint density at radius 2 is 1.92 bits per heavy atom. The number of allylic oxidation sites excluding steroid dienone is 2. The number of amides is 2. The van der Waals surface area contributed by atoms with Crippen LogP contribution in [0, 0.1) is 36.0 Å². The second-order valence-corrected chi connectivity index (χ2v) is 6.64. The van der Waals surface area contributed by atoms with Gasteiger partial charge in [0.25, 0.3) is 11.8 Å². The number of hydrazone groups is 1. The first-order chi connectivity index (χ1) is 12.6. The highest BCUT2D eigenvalue weighted by molar-refractivity contribution is 6.06. The number of carbonyl (C=O) groups is 2. The van der Waals surface area contributed by atoms with Gasteiger partial charge in [-0.25, -0.2) is 0 Å². The number of benzene rings is 1. The number of hydrogen-bond donors (Lipinski definition) is 0. The predicted molar refractivity (Wildman–Crippen MR) is 94.5 cm³/mol. The van der Waals surface area contributed by atoms with Crippen molar-refractivity contribution in [2.45, 2.75) is 6.42 Å². The number of hydrogen-bond acceptors (Lipinski definition) is 5. The second kappa shape index (κ2) is 6.34. The number of imide groups is 1. The standard InChI is InChI=1S/C20H18N2O4/c1-3-8-26-15-7-4-12(9-16(15)25-2)11-21-22-19(23)17-13-5-6-14(10-13)18(17)20(22)24/h1,4-7,9,11,13-14,17-18H,8,10H2,2H3. The minimum atomic E-state index is -0.247. The zero-order valence-electron chi connectivity index (χ0n) is 14.3. The van der Waals surface area contributed by atoms with E-state index in [-0.39, 0.29) is 42.1 Å². The average Bonchev–Trinajstić information content (AvgIpc) is 3.33. The van der Waals surface area contributed by atoms with Crippen molar-refractivity contribution in [2.24, 2.45) is 28.8 Å². The number of nitrogens with zero attached hydrogens (tertiary/aromatic N) is 2. The monoisotopic (exact) mass is 350 g/mol. The number of methoxy groups -OCH3 is 1. The molecular weight excluding hydrogens is 332 g/mol. The minimum Gasteiger partial charge on any atom is -0.493 e. The van der Waals surface area contributed by atoms with Gasteiger partial charge in [-0.1, -0.05) is 18.1 Å². The maximum atomic E-state index is 12.6. The van der Waals surface area contributed by atoms with Crippen molar-refractivity contribution in [1.29, 1.82) is 0 Å². The molecule has 2 fully saturated rings. The third-order valence-corrected chi connectivity index (χ3v) is 5.27. The van der Waals surface area contributed by atoms with E-state index in [9.17, 15) is 9.59 Å². The van der Waals surface area contributed by atoms with Crippen LogP contribution in [0.2, 0.25) is 0 Å². The Morgan fingerprint density at radius 3 is 2.54 bits per heavy atom. The Morgan fingerprint density at radius 1 is 1.23 bits per heavy atom. The van der Waals surface area contributed by atoms with Gasteiger partial charge in [0, 0.05) is 0 Å². The lowest BCUT2D eigenvalue weighted by atomic mass is 9.85. The van der Waals surface area contributed by atoms with E-state index in [1.807, 2.05) is 0 Å². The molecule has 1 saturated carbocycles. The molecule has 6 heteroatoms. The summed E-state index contributed by atoms with van der Waals surface area (Å²) in [6.07, 6.45) is 11.7. The van der Waals surface area contributed by atoms with Gasteiger partial charge >= 0.3 is 0 Å². The molecule has 0 aromatic heterocycles. The molecule has 6 nitrogen and oxygen atoms in total. The predicted octanol–water partition coefficient (Wildman–Crippen LogP) is 1.85. The van der Waals surface area contributed by atoms with E-state index in [0.717, 1.165) is 11.4 Å². The summed E-state index contributed by atoms with van der Waals surface area (Å²) in [5.41, 5.74) is 0.689. The number of ether oxygens (including phenoxy) is 2. The highest BCUT2D eigenvalue weighted by Gasteiger charge is 2.59. The fourth-order valence-electron chi connectivity index (χ4n) is 4.13. The second-order valence-electron chi connectivity index (χ2n) is 6.64. The highest BCUT2D eigenvalue weighted by atomic mass is 16.5. The summed E-state index contributed by atoms with van der Waals surface area (Å²) in [6, 6.07) is 5.19. The molecule has 26 heavy (non-hydrogen) atoms. The van der Waals surface area contributed by atoms with Gasteiger partial charge in [-0.15, -0.1) is 6.42 Å². The number of terminal acetylenes is 1. The average molecular weight is 350 g/mol. The normalized spacial score (nSPS) is 28.7. The molecule has 0 radical (unpaired) electrons. The van der Waals surface area contributed by atoms with Crippen molar-refractivity contribution in [3.8, 4) is 23.8 Å². The van der Waals surface area contributed by atoms with E-state index in [0.29, 0.717) is 17.1 Å². The number of fused-ring (bicyclic) bond motifs is 5. The zero-order chi connectivity index (χ0) is 18.3. The van der Waals surface area contributed by atoms with Gasteiger partial charge in [0.05, 0.1) is 25.2 Å². The van der Waals surface area contributed by atoms with Crippen molar-refractivity contribution in [1.82, 2.24) is 5.01 Å². The van der Waals surface area contributed by atoms with Gasteiger partial charge in [0.2, 0.25) is 0 Å². The van der Waals surface area contributed by atoms with E-state index in [1.165, 1.54) is 13.3 Å². The SMILES string of the molecule is C#CCOc1ccc(C=NN2C(=O)C3C4C=CC(C4)C3C2=O)cc1OC. The summed E-state index contributed by atoms with van der Waals surface area (Å²) < 4.78 is 10.7. The van der Waals surface area contributed by atoms with Crippen LogP contribution in [0.15, 0.2) is 35.5 Å². The Bertz CT molecular complexity index is 837. The van der Waals surface area contributed by atoms with Crippen molar-refractivity contribution in [2.75, 3.05) is 13.7 Å². The molecule has 2 amide bonds. The van der Waals surface area contributed by atoms with Crippen LogP contribution < -0.4 is 9.47 Å². The fourth-order valence-corrected chi connectivity index (χ4v) is 4.13. The Kier molecular flexibility index (Phi) is 4.00. The van der Waals surface area contributed by atoms with Crippen LogP contribution in [0.4, 0.5) is 0 Å². The summed E-state index contributed by atoms with van der Waals surface area (Å²) in [5.74, 6) is 2.88. The number of carbonyl (C=O) groups excluding carboxylic acids is 2. The first kappa shape index (κ1) is 16.4. The maximum absolute atomic E-state index is 12.6. The van der Waals surface area contributed by atoms with Gasteiger partial charge in [0.15, 0.2) is 11.5 Å². The van der Waals surface area contributed by atoms with Crippen LogP contribution in [0.5, 0.6) is 11.5 Å². The van der Waals surface area contributed by atoms with E-state index in [2.05, 4.69) is 23.2 Å². The molecule has 0 N–H and O–H groups in total. The first-order valence-corrected chi connectivity index (χ1v) is 8.48. The Hall–Kier alpha value is -3.07. The fraction of sp³-hybridized carbons (Fsp3) is 0.350. The summed E-state index contributed by atoms with van der Waals surface area (Å²) in [5, 5.41) is 5.18. The van der Waals surface area contributed by atoms with Crippen molar-refractivity contribution in [3.63, 3.8) is 0 Å². The van der Waals surface area contributed by atoms with Crippen LogP contribution in [0.25, 0.3) is 0 Å². The van der Waals surface area contributed by atoms with Crippen LogP contribution >= 0.6 is 0 Å². The summed E-state index contributed by atoms with van der Waals surface area (Å²) in [6.45, 7) is 0.139. The third-order valence-electron chi connectivity index (χ3n) is 5.27. The zero-order valence-corrected chi connectivity index (χ0v) is 14.3. The summed E-state index contributed by atoms with van der Waals surface area (Å²) >= 11 is 0. The Balaban J connectivity index is 1.53. The molecule has 4 unspecified atom stereocenters. The van der Waals surface area contributed by atoms with Gasteiger partial charge in [0.1, 0.15) is 6.61 Å². The molecule has 2 aliphatic carbocycles. The molecule has 3 aliphatic rings. The van der Waals surface area contributed by atoms with Crippen LogP contribution in [0.1, 0.15) is 12.0 Å². The van der Waals surface area contributed by atoms with Crippen molar-refractivity contribution in [3.05, 3.63) is 35.9 Å². The molecule has 4 atom stereocenters. The van der Waals surface area contributed by atoms with Crippen molar-refractivity contribution >= 4 is 18.0 Å². The maximum Gasteiger partial charge on any atom is 0.254 e. The van der Waals surface area contributed by atoms with Gasteiger partial charge in [-0.05, 0) is 42.0 Å². The minimum absolute atomic E-state index is 0.139. The first-order valence-electron chi connectivity index (χ1n) is 8.48. The molecule has 1 heterocycles. The van der Waals surface area contributed by atoms with Crippen LogP contribution in [-0.2, 0) is 9.59 Å². The van der Waals surface area contributed by atoms with Gasteiger partial charge < -0.3 is 9.47 Å². The lowest BCUT2D eigenvalue weighted by Crippen LogP contribution is -2.28. The molecule has 0 spiro atoms. The lowest BCUT2D eigenvalue weighted by Gasteiger charge is -2.13. The van der Waals surface area contributed by atoms with E-state index >= 15 is 0 Å². The van der Waals surface area contributed by atoms with Gasteiger partial charge in [-0.2, -0.15) is 10.1 Å². The Labute approximate surface area is 151 Å². The smallest absolute Gasteiger partial charge is 0.254 e. The van der Waals surface area contributed by atoms with Crippen LogP contribution in [0.3, 0.4) is 0 Å². The molecule has 4 rings (SSSR count). The van der Waals surface area contributed by atoms with E-state index < -0.39 is 0 Å². The quantitative estimate of drug-likeness (QED) is 0.352. The van der Waals surface area contributed by atoms with Crippen LogP contribution in [-0.4, -0.2) is 36.8 Å². The molecular formula is C20H18N2O4. The summed E-state index contributed by atoms with van der Waals surface area (Å²) in [7, 11) is 1.52. The lowest BCUT2D eigenvalue weighted by molar-refractivity contribution is -0.140. The highest BCUT2D eigenvalue weighted by Crippen LogP contribution is 2.52.